The minimum Gasteiger partial charge on any atom is -0.465 e. The Morgan fingerprint density at radius 1 is 0.833 bits per heavy atom. The number of carbonyl (C=O) groups excluding carboxylic acids is 1. The van der Waals surface area contributed by atoms with Crippen LogP contribution in [0.4, 0.5) is 15.3 Å². The third kappa shape index (κ3) is 6.94. The van der Waals surface area contributed by atoms with Crippen LogP contribution in [0.25, 0.3) is 64.7 Å². The van der Waals surface area contributed by atoms with Gasteiger partial charge in [0.1, 0.15) is 11.6 Å². The predicted octanol–water partition coefficient (Wildman–Crippen LogP) is 12.4. The van der Waals surface area contributed by atoms with Crippen LogP contribution in [-0.4, -0.2) is 62.3 Å². The summed E-state index contributed by atoms with van der Waals surface area (Å²) in [6.45, 7) is 1.43. The van der Waals surface area contributed by atoms with E-state index in [9.17, 15) is 14.7 Å². The van der Waals surface area contributed by atoms with E-state index in [0.717, 1.165) is 88.7 Å². The molecule has 5 heterocycles. The summed E-state index contributed by atoms with van der Waals surface area (Å²) in [5, 5.41) is 16.2. The van der Waals surface area contributed by atoms with Crippen LogP contribution in [0.1, 0.15) is 77.7 Å². The molecule has 66 heavy (non-hydrogen) atoms. The van der Waals surface area contributed by atoms with Crippen molar-refractivity contribution in [1.29, 1.82) is 0 Å². The van der Waals surface area contributed by atoms with E-state index in [1.54, 1.807) is 11.3 Å². The topological polar surface area (TPSA) is 139 Å². The van der Waals surface area contributed by atoms with Gasteiger partial charge in [0, 0.05) is 45.7 Å². The van der Waals surface area contributed by atoms with E-state index in [1.165, 1.54) is 60.5 Å². The zero-order valence-electron chi connectivity index (χ0n) is 36.4. The molecule has 0 bridgehead atoms. The lowest BCUT2D eigenvalue weighted by Gasteiger charge is -2.31. The zero-order valence-corrected chi connectivity index (χ0v) is 37.2. The van der Waals surface area contributed by atoms with E-state index < -0.39 is 12.2 Å². The van der Waals surface area contributed by atoms with Crippen molar-refractivity contribution in [3.05, 3.63) is 161 Å². The number of rotatable bonds is 9. The van der Waals surface area contributed by atoms with E-state index in [0.29, 0.717) is 18.8 Å². The first-order valence-corrected chi connectivity index (χ1v) is 23.6. The number of H-pyrrole nitrogens is 2. The molecule has 3 aromatic heterocycles. The van der Waals surface area contributed by atoms with E-state index in [2.05, 4.69) is 128 Å². The molecule has 2 saturated heterocycles. The number of hydrogen-bond acceptors (Lipinski definition) is 7. The lowest BCUT2D eigenvalue weighted by Crippen LogP contribution is -2.31. The minimum absolute atomic E-state index is 0.0448. The van der Waals surface area contributed by atoms with Gasteiger partial charge in [-0.2, -0.15) is 0 Å². The van der Waals surface area contributed by atoms with Gasteiger partial charge in [0.15, 0.2) is 0 Å². The molecule has 3 atom stereocenters. The zero-order chi connectivity index (χ0) is 44.5. The molecule has 12 rings (SSSR count). The second kappa shape index (κ2) is 16.2. The highest BCUT2D eigenvalue weighted by atomic mass is 32.1. The van der Waals surface area contributed by atoms with Gasteiger partial charge < -0.3 is 30.0 Å². The summed E-state index contributed by atoms with van der Waals surface area (Å²) in [5.41, 5.74) is 13.8. The number of amides is 2. The molecule has 11 nitrogen and oxygen atoms in total. The first-order chi connectivity index (χ1) is 32.4. The molecule has 328 valence electrons. The Labute approximate surface area is 385 Å². The van der Waals surface area contributed by atoms with Crippen molar-refractivity contribution in [1.82, 2.24) is 30.2 Å². The highest BCUT2D eigenvalue weighted by Gasteiger charge is 2.36. The Kier molecular flexibility index (Phi) is 9.85. The monoisotopic (exact) mass is 889 g/mol. The molecular weight excluding hydrogens is 843 g/mol. The average molecular weight is 890 g/mol. The molecule has 0 radical (unpaired) electrons. The third-order valence-electron chi connectivity index (χ3n) is 14.0. The third-order valence-corrected chi connectivity index (χ3v) is 15.2. The second-order valence-electron chi connectivity index (χ2n) is 17.8. The molecule has 0 saturated carbocycles. The van der Waals surface area contributed by atoms with Gasteiger partial charge in [-0.05, 0) is 106 Å². The number of anilines is 1. The number of aromatic amines is 2. The number of likely N-dealkylation sites (tertiary alicyclic amines) is 1. The van der Waals surface area contributed by atoms with Crippen LogP contribution < -0.4 is 10.2 Å². The molecule has 0 spiro atoms. The highest BCUT2D eigenvalue weighted by molar-refractivity contribution is 7.22. The van der Waals surface area contributed by atoms with Crippen molar-refractivity contribution >= 4 is 61.1 Å². The van der Waals surface area contributed by atoms with E-state index in [4.69, 9.17) is 9.72 Å². The predicted molar refractivity (Wildman–Crippen MR) is 261 cm³/mol. The summed E-state index contributed by atoms with van der Waals surface area (Å²) in [7, 11) is 1.41. The molecule has 9 aromatic rings. The number of carbonyl (C=O) groups is 2. The Hall–Kier alpha value is -7.44. The van der Waals surface area contributed by atoms with Crippen LogP contribution in [0.15, 0.2) is 128 Å². The van der Waals surface area contributed by atoms with Gasteiger partial charge in [0.25, 0.3) is 0 Å². The highest BCUT2D eigenvalue weighted by Crippen LogP contribution is 2.48. The summed E-state index contributed by atoms with van der Waals surface area (Å²) >= 11 is 1.76. The Bertz CT molecular complexity index is 3360. The molecule has 2 amide bonds. The molecule has 1 unspecified atom stereocenters. The van der Waals surface area contributed by atoms with Gasteiger partial charge in [0.05, 0.1) is 48.2 Å². The summed E-state index contributed by atoms with van der Waals surface area (Å²) in [6.07, 6.45) is 5.54. The maximum absolute atomic E-state index is 12.7. The van der Waals surface area contributed by atoms with Gasteiger partial charge in [0.2, 0.25) is 0 Å². The number of ether oxygens (including phenoxy) is 1. The van der Waals surface area contributed by atoms with E-state index in [-0.39, 0.29) is 18.1 Å². The Morgan fingerprint density at radius 2 is 1.65 bits per heavy atom. The van der Waals surface area contributed by atoms with Crippen molar-refractivity contribution in [2.45, 2.75) is 56.7 Å². The lowest BCUT2D eigenvalue weighted by atomic mass is 9.92. The fourth-order valence-electron chi connectivity index (χ4n) is 10.8. The van der Waals surface area contributed by atoms with Crippen LogP contribution in [0.5, 0.6) is 0 Å². The quantitative estimate of drug-likeness (QED) is 0.113. The first kappa shape index (κ1) is 40.1. The normalized spacial score (nSPS) is 17.2. The Morgan fingerprint density at radius 3 is 2.53 bits per heavy atom. The number of aromatic nitrogens is 4. The van der Waals surface area contributed by atoms with Crippen LogP contribution >= 0.6 is 11.3 Å². The molecular formula is C54H47N7O4S. The maximum Gasteiger partial charge on any atom is 0.407 e. The average Bonchev–Trinajstić information content (AvgIpc) is 4.21. The van der Waals surface area contributed by atoms with E-state index >= 15 is 0 Å². The van der Waals surface area contributed by atoms with Crippen molar-refractivity contribution < 1.29 is 19.4 Å². The number of hydrogen-bond donors (Lipinski definition) is 4. The van der Waals surface area contributed by atoms with Crippen molar-refractivity contribution in [2.75, 3.05) is 25.1 Å². The fourth-order valence-corrected chi connectivity index (χ4v) is 11.9. The van der Waals surface area contributed by atoms with Gasteiger partial charge in [-0.3, -0.25) is 4.90 Å². The summed E-state index contributed by atoms with van der Waals surface area (Å²) in [4.78, 5) is 47.0. The van der Waals surface area contributed by atoms with Gasteiger partial charge in [-0.25, -0.2) is 19.6 Å². The SMILES string of the molecule is COC(=O)N[C@H](Cc1ccc2c(c1N1CCC[C@H]1c1nc3c(ccc4cc(-c5cc6ccc(-c7cnc(C8CCCN8C(=O)O)[nH]7)cc6s5)ccc43)[nH]1)Cc1ccccc1-2)c1ccccc1. The van der Waals surface area contributed by atoms with E-state index in [1.807, 2.05) is 24.4 Å². The molecule has 6 aromatic carbocycles. The number of imidazole rings is 2. The fraction of sp³-hybridized carbons (Fsp3) is 0.222. The molecule has 2 fully saturated rings. The largest absolute Gasteiger partial charge is 0.465 e. The first-order valence-electron chi connectivity index (χ1n) is 22.8. The number of fused-ring (bicyclic) bond motifs is 7. The number of alkyl carbamates (subject to hydrolysis) is 1. The molecule has 2 aliphatic heterocycles. The van der Waals surface area contributed by atoms with Gasteiger partial charge in [-0.1, -0.05) is 97.1 Å². The van der Waals surface area contributed by atoms with Crippen LogP contribution in [0.3, 0.4) is 0 Å². The molecule has 12 heteroatoms. The summed E-state index contributed by atoms with van der Waals surface area (Å²) in [6, 6.07) is 42.7. The number of carboxylic acid groups (broad SMARTS) is 1. The minimum atomic E-state index is -0.902. The number of nitrogens with zero attached hydrogens (tertiary/aromatic N) is 4. The number of nitrogens with one attached hydrogen (secondary N) is 3. The standard InChI is InChI=1S/C54H47N7O4S/c1-65-53(62)58-43(31-9-3-2-4-10-31)27-37-18-21-40-38-12-6-5-11-32(38)26-41(40)50(37)60-23-7-14-46(60)52-56-42-22-19-33-25-35(17-20-39(33)49(42)59-52)48-29-36-16-15-34(28-47(36)66-48)44-30-55-51(57-44)45-13-8-24-61(45)54(63)64/h2-6,9-12,15-22,25,28-30,43,45-46H,7-8,13-14,23-24,26-27H2,1H3,(H,55,57)(H,56,59)(H,58,62)(H,63,64)/t43-,45?,46+/m1/s1. The van der Waals surface area contributed by atoms with Crippen molar-refractivity contribution in [3.63, 3.8) is 0 Å². The summed E-state index contributed by atoms with van der Waals surface area (Å²) in [5.74, 6) is 1.67. The van der Waals surface area contributed by atoms with Gasteiger partial charge in [-0.15, -0.1) is 11.3 Å². The maximum atomic E-state index is 12.7. The van der Waals surface area contributed by atoms with Crippen molar-refractivity contribution in [2.24, 2.45) is 0 Å². The van der Waals surface area contributed by atoms with Crippen LogP contribution in [0.2, 0.25) is 0 Å². The van der Waals surface area contributed by atoms with Gasteiger partial charge >= 0.3 is 12.2 Å². The molecule has 1 aliphatic carbocycles. The van der Waals surface area contributed by atoms with Crippen LogP contribution in [0, 0.1) is 0 Å². The second-order valence-corrected chi connectivity index (χ2v) is 18.9. The lowest BCUT2D eigenvalue weighted by molar-refractivity contribution is 0.139. The number of benzene rings is 6. The summed E-state index contributed by atoms with van der Waals surface area (Å²) < 4.78 is 6.28. The van der Waals surface area contributed by atoms with Crippen molar-refractivity contribution in [3.8, 4) is 32.8 Å². The Balaban J connectivity index is 0.860. The van der Waals surface area contributed by atoms with Crippen LogP contribution in [-0.2, 0) is 17.6 Å². The molecule has 3 aliphatic rings. The number of methoxy groups -OCH3 is 1. The number of thiophene rings is 1. The smallest absolute Gasteiger partial charge is 0.407 e. The molecule has 4 N–H and O–H groups in total.